The first-order valence-electron chi connectivity index (χ1n) is 19.6. The average molecular weight is 847 g/mol. The molecular weight excluding hydrogens is 797 g/mol. The number of esters is 4. The summed E-state index contributed by atoms with van der Waals surface area (Å²) >= 11 is 0. The largest absolute Gasteiger partial charge is 0.496 e. The molecule has 8 bridgehead atoms. The molecule has 4 aromatic rings. The standard InChI is InChI=1S/C49H50O13/c1-9-42(51)59-25-30-13-34-21-36-15-31(26-60-43(52)10-2)17-38(47(36)56-6)23-40-19-33(28-62-45(54)12-29(4)50)20-41(49(40)58-8)24-39-18-32(27-61-44(53)11-3)16-37(48(39)57-7)22-35(14-30)46(34)55-5/h9-11,13-20H,1-3,12,21-28H2,4-8H3. The minimum Gasteiger partial charge on any atom is -0.496 e. The van der Waals surface area contributed by atoms with Gasteiger partial charge in [-0.3, -0.25) is 9.59 Å². The maximum Gasteiger partial charge on any atom is 0.330 e. The molecule has 13 heteroatoms. The van der Waals surface area contributed by atoms with E-state index in [4.69, 9.17) is 37.9 Å². The van der Waals surface area contributed by atoms with Gasteiger partial charge in [0.25, 0.3) is 0 Å². The van der Waals surface area contributed by atoms with Gasteiger partial charge in [0, 0.05) is 43.9 Å². The summed E-state index contributed by atoms with van der Waals surface area (Å²) in [7, 11) is 6.29. The van der Waals surface area contributed by atoms with Crippen molar-refractivity contribution in [1.82, 2.24) is 0 Å². The van der Waals surface area contributed by atoms with Gasteiger partial charge < -0.3 is 37.9 Å². The summed E-state index contributed by atoms with van der Waals surface area (Å²) in [5.74, 6) is -0.546. The Labute approximate surface area is 360 Å². The van der Waals surface area contributed by atoms with Crippen molar-refractivity contribution in [3.8, 4) is 23.0 Å². The maximum atomic E-state index is 12.6. The molecule has 5 rings (SSSR count). The first-order valence-corrected chi connectivity index (χ1v) is 19.6. The molecule has 0 saturated carbocycles. The predicted molar refractivity (Wildman–Crippen MR) is 228 cm³/mol. The van der Waals surface area contributed by atoms with Crippen molar-refractivity contribution in [1.29, 1.82) is 0 Å². The molecule has 0 amide bonds. The molecule has 0 saturated heterocycles. The molecule has 4 aromatic carbocycles. The van der Waals surface area contributed by atoms with Crippen molar-refractivity contribution >= 4 is 29.7 Å². The third-order valence-electron chi connectivity index (χ3n) is 9.99. The molecule has 0 atom stereocenters. The Hall–Kier alpha value is -7.15. The van der Waals surface area contributed by atoms with E-state index in [0.717, 1.165) is 51.6 Å². The average Bonchev–Trinajstić information content (AvgIpc) is 3.25. The van der Waals surface area contributed by atoms with E-state index in [-0.39, 0.29) is 64.3 Å². The Bertz CT molecular complexity index is 2280. The zero-order valence-corrected chi connectivity index (χ0v) is 35.6. The topological polar surface area (TPSA) is 159 Å². The second kappa shape index (κ2) is 21.4. The fourth-order valence-corrected chi connectivity index (χ4v) is 7.62. The Morgan fingerprint density at radius 2 is 0.661 bits per heavy atom. The quantitative estimate of drug-likeness (QED) is 0.0404. The molecule has 62 heavy (non-hydrogen) atoms. The van der Waals surface area contributed by atoms with E-state index in [9.17, 15) is 24.0 Å². The van der Waals surface area contributed by atoms with E-state index in [1.54, 1.807) is 28.4 Å². The highest BCUT2D eigenvalue weighted by molar-refractivity contribution is 5.94. The molecule has 0 N–H and O–H groups in total. The normalized spacial score (nSPS) is 11.6. The van der Waals surface area contributed by atoms with E-state index in [0.29, 0.717) is 56.4 Å². The minimum atomic E-state index is -0.660. The van der Waals surface area contributed by atoms with Crippen molar-refractivity contribution in [2.45, 2.75) is 65.5 Å². The third kappa shape index (κ3) is 11.6. The zero-order chi connectivity index (χ0) is 44.9. The molecule has 324 valence electrons. The smallest absolute Gasteiger partial charge is 0.330 e. The van der Waals surface area contributed by atoms with Crippen LogP contribution in [-0.4, -0.2) is 58.1 Å². The highest BCUT2D eigenvalue weighted by atomic mass is 16.5. The van der Waals surface area contributed by atoms with Crippen LogP contribution in [0.4, 0.5) is 0 Å². The number of fused-ring (bicyclic) bond motifs is 8. The highest BCUT2D eigenvalue weighted by Gasteiger charge is 2.24. The predicted octanol–water partition coefficient (Wildman–Crippen LogP) is 7.11. The van der Waals surface area contributed by atoms with Crippen molar-refractivity contribution in [2.24, 2.45) is 0 Å². The first kappa shape index (κ1) is 45.9. The number of carbonyl (C=O) groups excluding carboxylic acids is 5. The number of hydrogen-bond donors (Lipinski definition) is 0. The van der Waals surface area contributed by atoms with Crippen molar-refractivity contribution in [3.63, 3.8) is 0 Å². The summed E-state index contributed by atoms with van der Waals surface area (Å²) in [4.78, 5) is 61.1. The number of ether oxygens (including phenoxy) is 8. The highest BCUT2D eigenvalue weighted by Crippen LogP contribution is 2.41. The van der Waals surface area contributed by atoms with Gasteiger partial charge in [-0.1, -0.05) is 19.7 Å². The van der Waals surface area contributed by atoms with Gasteiger partial charge in [0.2, 0.25) is 0 Å². The van der Waals surface area contributed by atoms with Gasteiger partial charge in [-0.15, -0.1) is 0 Å². The molecule has 1 aliphatic carbocycles. The lowest BCUT2D eigenvalue weighted by atomic mass is 9.88. The van der Waals surface area contributed by atoms with Gasteiger partial charge in [-0.2, -0.15) is 0 Å². The van der Waals surface area contributed by atoms with Crippen LogP contribution in [0.15, 0.2) is 86.5 Å². The molecule has 1 aliphatic rings. The molecule has 0 radical (unpaired) electrons. The Balaban J connectivity index is 1.84. The number of ketones is 1. The van der Waals surface area contributed by atoms with Crippen LogP contribution in [0, 0.1) is 0 Å². The molecule has 0 fully saturated rings. The van der Waals surface area contributed by atoms with Gasteiger partial charge in [-0.05, 0) is 122 Å². The van der Waals surface area contributed by atoms with Crippen LogP contribution in [0.3, 0.4) is 0 Å². The molecule has 0 aromatic heterocycles. The number of Topliss-reactive ketones (excluding diaryl/α,β-unsaturated/α-hetero) is 1. The summed E-state index contributed by atoms with van der Waals surface area (Å²) in [6.07, 6.45) is 3.91. The fraction of sp³-hybridized carbons (Fsp3) is 0.286. The molecule has 0 heterocycles. The second-order valence-electron chi connectivity index (χ2n) is 14.5. The van der Waals surface area contributed by atoms with Crippen LogP contribution in [0.1, 0.15) is 80.1 Å². The Morgan fingerprint density at radius 1 is 0.435 bits per heavy atom. The van der Waals surface area contributed by atoms with Crippen LogP contribution in [-0.2, 0) is 95.0 Å². The summed E-state index contributed by atoms with van der Waals surface area (Å²) < 4.78 is 46.7. The summed E-state index contributed by atoms with van der Waals surface area (Å²) in [5.41, 5.74) is 8.41. The van der Waals surface area contributed by atoms with Crippen LogP contribution < -0.4 is 18.9 Å². The van der Waals surface area contributed by atoms with E-state index >= 15 is 0 Å². The van der Waals surface area contributed by atoms with E-state index in [2.05, 4.69) is 19.7 Å². The zero-order valence-electron chi connectivity index (χ0n) is 35.6. The lowest BCUT2D eigenvalue weighted by Gasteiger charge is -2.23. The maximum absolute atomic E-state index is 12.6. The van der Waals surface area contributed by atoms with Gasteiger partial charge in [-0.25, -0.2) is 14.4 Å². The van der Waals surface area contributed by atoms with Gasteiger partial charge in [0.05, 0.1) is 28.4 Å². The lowest BCUT2D eigenvalue weighted by Crippen LogP contribution is -2.11. The number of rotatable bonds is 17. The SMILES string of the molecule is C=CC(=O)OCc1cc2c(OC)c(c1)Cc1cc(COC(=O)C=C)cc(c1OC)Cc1cc(COC(=O)CC(C)=O)cc(c1OC)Cc1cc(COC(=O)C=C)cc(c1OC)C2. The van der Waals surface area contributed by atoms with Crippen LogP contribution in [0.5, 0.6) is 23.0 Å². The molecule has 0 spiro atoms. The van der Waals surface area contributed by atoms with Gasteiger partial charge >= 0.3 is 23.9 Å². The number of carbonyl (C=O) groups is 5. The monoisotopic (exact) mass is 846 g/mol. The summed E-state index contributed by atoms with van der Waals surface area (Å²) in [5, 5.41) is 0. The van der Waals surface area contributed by atoms with E-state index in [1.165, 1.54) is 6.92 Å². The molecular formula is C49H50O13. The molecule has 13 nitrogen and oxygen atoms in total. The Kier molecular flexibility index (Phi) is 15.8. The Morgan fingerprint density at radius 3 is 0.855 bits per heavy atom. The number of hydrogen-bond acceptors (Lipinski definition) is 13. The van der Waals surface area contributed by atoms with E-state index < -0.39 is 23.9 Å². The summed E-state index contributed by atoms with van der Waals surface area (Å²) in [6, 6.07) is 15.1. The lowest BCUT2D eigenvalue weighted by molar-refractivity contribution is -0.147. The number of benzene rings is 4. The first-order chi connectivity index (χ1) is 29.8. The van der Waals surface area contributed by atoms with Crippen LogP contribution in [0.2, 0.25) is 0 Å². The third-order valence-corrected chi connectivity index (χ3v) is 9.99. The molecule has 0 unspecified atom stereocenters. The van der Waals surface area contributed by atoms with E-state index in [1.807, 2.05) is 48.5 Å². The van der Waals surface area contributed by atoms with Gasteiger partial charge in [0.15, 0.2) is 0 Å². The van der Waals surface area contributed by atoms with Crippen molar-refractivity contribution in [2.75, 3.05) is 28.4 Å². The number of methoxy groups -OCH3 is 4. The fourth-order valence-electron chi connectivity index (χ4n) is 7.62. The second-order valence-corrected chi connectivity index (χ2v) is 14.5. The van der Waals surface area contributed by atoms with Gasteiger partial charge in [0.1, 0.15) is 61.6 Å². The molecule has 0 aliphatic heterocycles. The van der Waals surface area contributed by atoms with Crippen molar-refractivity contribution < 1.29 is 61.9 Å². The van der Waals surface area contributed by atoms with Crippen LogP contribution >= 0.6 is 0 Å². The summed E-state index contributed by atoms with van der Waals surface area (Å²) in [6.45, 7) is 11.6. The van der Waals surface area contributed by atoms with Crippen LogP contribution in [0.25, 0.3) is 0 Å². The van der Waals surface area contributed by atoms with Crippen molar-refractivity contribution in [3.05, 3.63) is 153 Å². The minimum absolute atomic E-state index is 0.0600.